The zero-order valence-corrected chi connectivity index (χ0v) is 10.7. The van der Waals surface area contributed by atoms with Crippen molar-refractivity contribution in [2.75, 3.05) is 25.6 Å². The van der Waals surface area contributed by atoms with E-state index in [1.165, 1.54) is 6.07 Å². The van der Waals surface area contributed by atoms with Gasteiger partial charge in [0.05, 0.1) is 11.3 Å². The fraction of sp³-hybridized carbons (Fsp3) is 0.462. The van der Waals surface area contributed by atoms with Gasteiger partial charge in [0, 0.05) is 20.3 Å². The third kappa shape index (κ3) is 4.48. The quantitative estimate of drug-likeness (QED) is 0.715. The van der Waals surface area contributed by atoms with Gasteiger partial charge in [-0.05, 0) is 31.4 Å². The first kappa shape index (κ1) is 15.4. The molecule has 0 radical (unpaired) electrons. The molecule has 0 heterocycles. The molecule has 0 amide bonds. The third-order valence-electron chi connectivity index (χ3n) is 2.65. The normalized spacial score (nSPS) is 10.5. The molecule has 0 aromatic heterocycles. The summed E-state index contributed by atoms with van der Waals surface area (Å²) < 4.78 is 31.8. The van der Waals surface area contributed by atoms with E-state index in [2.05, 4.69) is 5.32 Å². The molecule has 0 fully saturated rings. The monoisotopic (exact) mass is 273 g/mol. The van der Waals surface area contributed by atoms with Crippen molar-refractivity contribution in [2.45, 2.75) is 19.3 Å². The van der Waals surface area contributed by atoms with Gasteiger partial charge in [-0.25, -0.2) is 13.6 Å². The highest BCUT2D eigenvalue weighted by molar-refractivity contribution is 5.88. The Hall–Kier alpha value is -1.69. The summed E-state index contributed by atoms with van der Waals surface area (Å²) >= 11 is 0. The number of hydrogen-bond acceptors (Lipinski definition) is 3. The zero-order valence-electron chi connectivity index (χ0n) is 10.7. The molecule has 106 valence electrons. The Morgan fingerprint density at radius 1 is 1.26 bits per heavy atom. The maximum Gasteiger partial charge on any atom is 0.338 e. The minimum absolute atomic E-state index is 0.0192. The topological polar surface area (TPSA) is 58.6 Å². The van der Waals surface area contributed by atoms with E-state index >= 15 is 0 Å². The lowest BCUT2D eigenvalue weighted by molar-refractivity contribution is 0.0690. The van der Waals surface area contributed by atoms with Crippen LogP contribution in [0, 0.1) is 11.6 Å². The van der Waals surface area contributed by atoms with Gasteiger partial charge in [0.15, 0.2) is 11.6 Å². The number of ether oxygens (including phenoxy) is 1. The molecule has 6 heteroatoms. The van der Waals surface area contributed by atoms with Gasteiger partial charge in [-0.3, -0.25) is 0 Å². The van der Waals surface area contributed by atoms with Crippen LogP contribution in [0.25, 0.3) is 0 Å². The molecule has 2 N–H and O–H groups in total. The summed E-state index contributed by atoms with van der Waals surface area (Å²) in [7, 11) is 1.63. The Bertz CT molecular complexity index is 438. The number of hydrogen-bond donors (Lipinski definition) is 2. The molecule has 0 unspecified atom stereocenters. The molecule has 1 rings (SSSR count). The van der Waals surface area contributed by atoms with Crippen molar-refractivity contribution in [3.63, 3.8) is 0 Å². The number of carboxylic acid groups (broad SMARTS) is 1. The van der Waals surface area contributed by atoms with Crippen molar-refractivity contribution in [2.24, 2.45) is 0 Å². The van der Waals surface area contributed by atoms with Crippen LogP contribution < -0.4 is 5.32 Å². The van der Waals surface area contributed by atoms with Gasteiger partial charge in [0.25, 0.3) is 0 Å². The van der Waals surface area contributed by atoms with E-state index in [4.69, 9.17) is 9.84 Å². The zero-order chi connectivity index (χ0) is 14.3. The van der Waals surface area contributed by atoms with Crippen LogP contribution in [0.15, 0.2) is 12.1 Å². The Morgan fingerprint density at radius 2 is 2.00 bits per heavy atom. The van der Waals surface area contributed by atoms with Crippen molar-refractivity contribution in [1.29, 1.82) is 0 Å². The summed E-state index contributed by atoms with van der Waals surface area (Å²) in [6.45, 7) is 1.17. The van der Waals surface area contributed by atoms with Crippen LogP contribution in [-0.4, -0.2) is 31.3 Å². The lowest BCUT2D eigenvalue weighted by Gasteiger charge is -2.09. The maximum atomic E-state index is 13.5. The van der Waals surface area contributed by atoms with Crippen LogP contribution in [0.5, 0.6) is 0 Å². The number of halogens is 2. The molecule has 0 spiro atoms. The lowest BCUT2D eigenvalue weighted by atomic mass is 10.1. The van der Waals surface area contributed by atoms with Crippen LogP contribution in [0.4, 0.5) is 14.5 Å². The van der Waals surface area contributed by atoms with Crippen LogP contribution in [-0.2, 0) is 4.74 Å². The molecule has 0 saturated heterocycles. The van der Waals surface area contributed by atoms with Crippen LogP contribution >= 0.6 is 0 Å². The minimum atomic E-state index is -1.48. The Balaban J connectivity index is 2.51. The van der Waals surface area contributed by atoms with Crippen molar-refractivity contribution in [3.05, 3.63) is 29.3 Å². The molecular weight excluding hydrogens is 256 g/mol. The van der Waals surface area contributed by atoms with Gasteiger partial charge in [0.1, 0.15) is 0 Å². The second kappa shape index (κ2) is 7.68. The van der Waals surface area contributed by atoms with E-state index in [1.54, 1.807) is 7.11 Å². The molecule has 0 aliphatic carbocycles. The van der Waals surface area contributed by atoms with Crippen LogP contribution in [0.2, 0.25) is 0 Å². The second-order valence-electron chi connectivity index (χ2n) is 4.07. The fourth-order valence-electron chi connectivity index (χ4n) is 1.62. The number of carbonyl (C=O) groups is 1. The molecule has 1 aromatic rings. The number of carboxylic acids is 1. The van der Waals surface area contributed by atoms with Crippen LogP contribution in [0.3, 0.4) is 0 Å². The number of methoxy groups -OCH3 is 1. The molecule has 19 heavy (non-hydrogen) atoms. The molecule has 0 saturated carbocycles. The Morgan fingerprint density at radius 3 is 2.63 bits per heavy atom. The van der Waals surface area contributed by atoms with E-state index in [9.17, 15) is 13.6 Å². The highest BCUT2D eigenvalue weighted by atomic mass is 19.2. The SMILES string of the molecule is COCCCCCNc1ccc(C(=O)O)c(F)c1F. The third-order valence-corrected chi connectivity index (χ3v) is 2.65. The molecule has 0 atom stereocenters. The predicted octanol–water partition coefficient (Wildman–Crippen LogP) is 2.89. The number of nitrogens with one attached hydrogen (secondary N) is 1. The summed E-state index contributed by atoms with van der Waals surface area (Å²) in [5.41, 5.74) is -0.683. The van der Waals surface area contributed by atoms with Crippen LogP contribution in [0.1, 0.15) is 29.6 Å². The summed E-state index contributed by atoms with van der Waals surface area (Å²) in [5, 5.41) is 11.4. The Kier molecular flexibility index (Phi) is 6.21. The van der Waals surface area contributed by atoms with Crippen molar-refractivity contribution >= 4 is 11.7 Å². The molecular formula is C13H17F2NO3. The molecule has 0 aliphatic heterocycles. The largest absolute Gasteiger partial charge is 0.478 e. The number of rotatable bonds is 8. The van der Waals surface area contributed by atoms with Crippen molar-refractivity contribution in [3.8, 4) is 0 Å². The molecule has 1 aromatic carbocycles. The van der Waals surface area contributed by atoms with E-state index in [-0.39, 0.29) is 5.69 Å². The number of anilines is 1. The summed E-state index contributed by atoms with van der Waals surface area (Å²) in [6.07, 6.45) is 2.62. The highest BCUT2D eigenvalue weighted by Gasteiger charge is 2.17. The van der Waals surface area contributed by atoms with Crippen molar-refractivity contribution in [1.82, 2.24) is 0 Å². The fourth-order valence-corrected chi connectivity index (χ4v) is 1.62. The Labute approximate surface area is 110 Å². The maximum absolute atomic E-state index is 13.5. The smallest absolute Gasteiger partial charge is 0.338 e. The second-order valence-corrected chi connectivity index (χ2v) is 4.07. The molecule has 4 nitrogen and oxygen atoms in total. The van der Waals surface area contributed by atoms with E-state index in [1.807, 2.05) is 0 Å². The highest BCUT2D eigenvalue weighted by Crippen LogP contribution is 2.20. The van der Waals surface area contributed by atoms with Gasteiger partial charge in [-0.15, -0.1) is 0 Å². The average molecular weight is 273 g/mol. The number of aromatic carboxylic acids is 1. The predicted molar refractivity (Wildman–Crippen MR) is 67.5 cm³/mol. The molecule has 0 bridgehead atoms. The lowest BCUT2D eigenvalue weighted by Crippen LogP contribution is -2.08. The first-order valence-corrected chi connectivity index (χ1v) is 6.02. The van der Waals surface area contributed by atoms with Gasteiger partial charge in [0.2, 0.25) is 0 Å². The standard InChI is InChI=1S/C13H17F2NO3/c1-19-8-4-2-3-7-16-10-6-5-9(13(17)18)11(14)12(10)15/h5-6,16H,2-4,7-8H2,1H3,(H,17,18). The summed E-state index contributed by atoms with van der Waals surface area (Å²) in [4.78, 5) is 10.6. The first-order chi connectivity index (χ1) is 9.07. The summed E-state index contributed by atoms with van der Waals surface area (Å²) in [5.74, 6) is -3.98. The minimum Gasteiger partial charge on any atom is -0.478 e. The number of unbranched alkanes of at least 4 members (excludes halogenated alkanes) is 2. The van der Waals surface area contributed by atoms with Gasteiger partial charge in [-0.2, -0.15) is 0 Å². The van der Waals surface area contributed by atoms with E-state index in [0.717, 1.165) is 25.3 Å². The summed E-state index contributed by atoms with van der Waals surface area (Å²) in [6, 6.07) is 2.28. The van der Waals surface area contributed by atoms with Gasteiger partial charge in [-0.1, -0.05) is 0 Å². The molecule has 0 aliphatic rings. The van der Waals surface area contributed by atoms with Gasteiger partial charge >= 0.3 is 5.97 Å². The van der Waals surface area contributed by atoms with Gasteiger partial charge < -0.3 is 15.2 Å². The van der Waals surface area contributed by atoms with E-state index in [0.29, 0.717) is 13.2 Å². The number of benzene rings is 1. The van der Waals surface area contributed by atoms with E-state index < -0.39 is 23.2 Å². The first-order valence-electron chi connectivity index (χ1n) is 6.02. The average Bonchev–Trinajstić information content (AvgIpc) is 2.38. The van der Waals surface area contributed by atoms with Crippen molar-refractivity contribution < 1.29 is 23.4 Å².